The molecule has 14 nitrogen and oxygen atoms in total. The number of hydrogen-bond acceptors (Lipinski definition) is 14. The minimum atomic E-state index is -1.38. The van der Waals surface area contributed by atoms with Crippen molar-refractivity contribution >= 4 is 40.4 Å². The number of rotatable bonds is 11. The Labute approximate surface area is 227 Å². The van der Waals surface area contributed by atoms with Crippen molar-refractivity contribution in [3.8, 4) is 5.75 Å². The molecule has 210 valence electrons. The molecule has 6 N–H and O–H groups in total. The zero-order valence-electron chi connectivity index (χ0n) is 21.2. The number of anilines is 1. The molecule has 4 rings (SSSR count). The molecule has 0 unspecified atom stereocenters. The summed E-state index contributed by atoms with van der Waals surface area (Å²) in [4.78, 5) is 24.7. The van der Waals surface area contributed by atoms with Crippen LogP contribution in [-0.4, -0.2) is 95.6 Å². The maximum atomic E-state index is 12.1. The van der Waals surface area contributed by atoms with Crippen molar-refractivity contribution in [3.05, 3.63) is 36.2 Å². The van der Waals surface area contributed by atoms with Gasteiger partial charge in [-0.05, 0) is 30.2 Å². The number of thioether (sulfide) groups is 1. The van der Waals surface area contributed by atoms with E-state index in [1.165, 1.54) is 10.9 Å². The number of ether oxygens (including phenoxy) is 3. The molecule has 1 aromatic carbocycles. The first-order chi connectivity index (χ1) is 18.7. The average Bonchev–Trinajstić information content (AvgIpc) is 3.44. The number of esters is 1. The fourth-order valence-electron chi connectivity index (χ4n) is 3.76. The van der Waals surface area contributed by atoms with Crippen molar-refractivity contribution in [3.63, 3.8) is 0 Å². The number of carbonyl (C=O) groups excluding carboxylic acids is 1. The number of aliphatic hydroxyl groups excluding tert-OH is 3. The fraction of sp³-hybridized carbons (Fsp3) is 0.458. The Morgan fingerprint density at radius 3 is 2.62 bits per heavy atom. The maximum absolute atomic E-state index is 12.1. The van der Waals surface area contributed by atoms with Crippen molar-refractivity contribution in [2.45, 2.75) is 43.5 Å². The molecule has 1 fully saturated rings. The molecule has 0 amide bonds. The number of benzene rings is 1. The first kappa shape index (κ1) is 28.5. The lowest BCUT2D eigenvalue weighted by molar-refractivity contribution is -0.0548. The average molecular weight is 563 g/mol. The van der Waals surface area contributed by atoms with Gasteiger partial charge in [0.15, 0.2) is 28.4 Å². The highest BCUT2D eigenvalue weighted by atomic mass is 32.2. The summed E-state index contributed by atoms with van der Waals surface area (Å²) in [6.45, 7) is 3.65. The molecule has 1 saturated heterocycles. The van der Waals surface area contributed by atoms with Crippen LogP contribution in [0.2, 0.25) is 0 Å². The quantitative estimate of drug-likeness (QED) is 0.0722. The van der Waals surface area contributed by atoms with E-state index in [2.05, 4.69) is 20.1 Å². The Morgan fingerprint density at radius 1 is 1.23 bits per heavy atom. The van der Waals surface area contributed by atoms with Gasteiger partial charge < -0.3 is 40.5 Å². The number of fused-ring (bicyclic) bond motifs is 1. The molecule has 0 saturated carbocycles. The number of nitrogen functional groups attached to an aromatic ring is 1. The van der Waals surface area contributed by atoms with Gasteiger partial charge in [-0.3, -0.25) is 4.57 Å². The number of aromatic nitrogens is 4. The molecule has 3 heterocycles. The largest absolute Gasteiger partial charge is 0.487 e. The van der Waals surface area contributed by atoms with Gasteiger partial charge in [0.25, 0.3) is 0 Å². The molecule has 0 bridgehead atoms. The summed E-state index contributed by atoms with van der Waals surface area (Å²) in [5.74, 6) is 0.465. The molecule has 1 aliphatic heterocycles. The van der Waals surface area contributed by atoms with E-state index in [9.17, 15) is 25.3 Å². The van der Waals surface area contributed by atoms with Crippen molar-refractivity contribution in [2.75, 3.05) is 31.3 Å². The summed E-state index contributed by atoms with van der Waals surface area (Å²) in [5, 5.41) is 43.5. The molecular formula is C24H30N6O8S. The van der Waals surface area contributed by atoms with Gasteiger partial charge in [-0.2, -0.15) is 0 Å². The number of imidazole rings is 1. The minimum absolute atomic E-state index is 0.0727. The summed E-state index contributed by atoms with van der Waals surface area (Å²) < 4.78 is 18.0. The monoisotopic (exact) mass is 562 g/mol. The van der Waals surface area contributed by atoms with Gasteiger partial charge in [0, 0.05) is 5.75 Å². The molecule has 0 spiro atoms. The topological polar surface area (TPSA) is 208 Å². The second-order valence-corrected chi connectivity index (χ2v) is 10.1. The number of hydrogen-bond donors (Lipinski definition) is 5. The zero-order valence-corrected chi connectivity index (χ0v) is 22.1. The predicted molar refractivity (Wildman–Crippen MR) is 140 cm³/mol. The molecule has 1 aliphatic rings. The Kier molecular flexibility index (Phi) is 9.19. The van der Waals surface area contributed by atoms with Crippen LogP contribution >= 0.6 is 11.8 Å². The van der Waals surface area contributed by atoms with Crippen molar-refractivity contribution in [1.29, 1.82) is 0 Å². The summed E-state index contributed by atoms with van der Waals surface area (Å²) in [6, 6.07) is 6.38. The third-order valence-electron chi connectivity index (χ3n) is 5.80. The van der Waals surface area contributed by atoms with Crippen LogP contribution < -0.4 is 10.5 Å². The fourth-order valence-corrected chi connectivity index (χ4v) is 4.68. The predicted octanol–water partition coefficient (Wildman–Crippen LogP) is 0.834. The molecule has 0 aliphatic carbocycles. The Balaban J connectivity index is 1.44. The number of oxime groups is 1. The van der Waals surface area contributed by atoms with E-state index < -0.39 is 37.1 Å². The lowest BCUT2D eigenvalue weighted by Crippen LogP contribution is -2.33. The summed E-state index contributed by atoms with van der Waals surface area (Å²) in [7, 11) is 0. The van der Waals surface area contributed by atoms with Crippen LogP contribution in [0, 0.1) is 5.92 Å². The highest BCUT2D eigenvalue weighted by Gasteiger charge is 2.45. The van der Waals surface area contributed by atoms with Gasteiger partial charge in [-0.15, -0.1) is 0 Å². The van der Waals surface area contributed by atoms with Crippen LogP contribution in [-0.2, 0) is 9.47 Å². The number of aliphatic hydroxyl groups is 3. The SMILES string of the molecule is CC(C)COC(=O)c1ccc(OC/C(CSc2nc3c(N)ncnc3n2[C@@H]2O[C@H](CO)[C@@H](O)[C@H]2O)=N\O)cc1. The normalized spacial score (nSPS) is 21.5. The lowest BCUT2D eigenvalue weighted by Gasteiger charge is -2.19. The van der Waals surface area contributed by atoms with Crippen LogP contribution in [0.4, 0.5) is 5.82 Å². The van der Waals surface area contributed by atoms with Crippen molar-refractivity contribution in [2.24, 2.45) is 11.1 Å². The van der Waals surface area contributed by atoms with Crippen LogP contribution in [0.25, 0.3) is 11.2 Å². The zero-order chi connectivity index (χ0) is 28.1. The minimum Gasteiger partial charge on any atom is -0.487 e. The second kappa shape index (κ2) is 12.6. The first-order valence-corrected chi connectivity index (χ1v) is 13.1. The van der Waals surface area contributed by atoms with Crippen molar-refractivity contribution in [1.82, 2.24) is 19.5 Å². The molecule has 0 radical (unpaired) electrons. The molecular weight excluding hydrogens is 532 g/mol. The van der Waals surface area contributed by atoms with Gasteiger partial charge in [0.1, 0.15) is 42.7 Å². The van der Waals surface area contributed by atoms with E-state index >= 15 is 0 Å². The number of nitrogens with zero attached hydrogens (tertiary/aromatic N) is 5. The van der Waals surface area contributed by atoms with Gasteiger partial charge in [0.05, 0.1) is 18.8 Å². The Hall–Kier alpha value is -3.50. The lowest BCUT2D eigenvalue weighted by atomic mass is 10.1. The van der Waals surface area contributed by atoms with E-state index in [0.29, 0.717) is 17.9 Å². The molecule has 39 heavy (non-hydrogen) atoms. The van der Waals surface area contributed by atoms with Crippen LogP contribution in [0.1, 0.15) is 30.4 Å². The smallest absolute Gasteiger partial charge is 0.338 e. The third-order valence-corrected chi connectivity index (χ3v) is 6.82. The van der Waals surface area contributed by atoms with Gasteiger partial charge in [-0.25, -0.2) is 19.7 Å². The van der Waals surface area contributed by atoms with Gasteiger partial charge in [0.2, 0.25) is 0 Å². The highest BCUT2D eigenvalue weighted by Crippen LogP contribution is 2.36. The van der Waals surface area contributed by atoms with Crippen LogP contribution in [0.15, 0.2) is 40.9 Å². The van der Waals surface area contributed by atoms with Crippen LogP contribution in [0.5, 0.6) is 5.75 Å². The second-order valence-electron chi connectivity index (χ2n) is 9.18. The Morgan fingerprint density at radius 2 is 1.97 bits per heavy atom. The van der Waals surface area contributed by atoms with E-state index in [1.54, 1.807) is 24.3 Å². The summed E-state index contributed by atoms with van der Waals surface area (Å²) in [5.41, 5.74) is 7.11. The summed E-state index contributed by atoms with van der Waals surface area (Å²) >= 11 is 1.12. The summed E-state index contributed by atoms with van der Waals surface area (Å²) in [6.07, 6.45) is -3.60. The van der Waals surface area contributed by atoms with E-state index in [4.69, 9.17) is 19.9 Å². The molecule has 15 heteroatoms. The molecule has 4 atom stereocenters. The third kappa shape index (κ3) is 6.39. The number of nitrogens with two attached hydrogens (primary N) is 1. The standard InChI is InChI=1S/C24H30N6O8S/c1-12(2)8-37-23(34)13-3-5-15(6-4-13)36-9-14(29-35)10-39-24-28-17-20(25)26-11-27-21(17)30(24)22-19(33)18(32)16(7-31)38-22/h3-6,11-12,16,18-19,22,31-33,35H,7-10H2,1-2H3,(H2,25,26,27)/b29-14+/t16-,18-,19-,22-/m1/s1. The van der Waals surface area contributed by atoms with Crippen LogP contribution in [0.3, 0.4) is 0 Å². The molecule has 2 aromatic heterocycles. The Bertz CT molecular complexity index is 1320. The van der Waals surface area contributed by atoms with Gasteiger partial charge in [-0.1, -0.05) is 30.8 Å². The highest BCUT2D eigenvalue weighted by molar-refractivity contribution is 7.99. The molecule has 3 aromatic rings. The first-order valence-electron chi connectivity index (χ1n) is 12.1. The van der Waals surface area contributed by atoms with E-state index in [1.807, 2.05) is 13.8 Å². The number of carbonyl (C=O) groups is 1. The maximum Gasteiger partial charge on any atom is 0.338 e. The van der Waals surface area contributed by atoms with E-state index in [0.717, 1.165) is 11.8 Å². The van der Waals surface area contributed by atoms with Crippen molar-refractivity contribution < 1.29 is 39.5 Å². The van der Waals surface area contributed by atoms with Gasteiger partial charge >= 0.3 is 5.97 Å². The van der Waals surface area contributed by atoms with E-state index in [-0.39, 0.29) is 46.1 Å².